The zero-order valence-corrected chi connectivity index (χ0v) is 15.4. The normalized spacial score (nSPS) is 23.0. The number of hydrazine groups is 1. The average Bonchev–Trinajstić information content (AvgIpc) is 2.52. The summed E-state index contributed by atoms with van der Waals surface area (Å²) in [6.07, 6.45) is 1.92. The van der Waals surface area contributed by atoms with Crippen molar-refractivity contribution in [1.29, 1.82) is 0 Å². The SMILES string of the molecule is CC(C)(C)OC(=O)NNC1CC(CO)(CCOCc2ccccc2)C1. The summed E-state index contributed by atoms with van der Waals surface area (Å²) in [5.74, 6) is 0. The van der Waals surface area contributed by atoms with Gasteiger partial charge in [0.25, 0.3) is 0 Å². The van der Waals surface area contributed by atoms with Crippen LogP contribution in [0.1, 0.15) is 45.6 Å². The van der Waals surface area contributed by atoms with E-state index in [0.29, 0.717) is 13.2 Å². The van der Waals surface area contributed by atoms with Crippen molar-refractivity contribution >= 4 is 6.09 Å². The molecule has 1 aliphatic carbocycles. The average molecular weight is 350 g/mol. The molecule has 6 nitrogen and oxygen atoms in total. The highest BCUT2D eigenvalue weighted by molar-refractivity contribution is 5.67. The van der Waals surface area contributed by atoms with Gasteiger partial charge in [-0.15, -0.1) is 0 Å². The number of hydrogen-bond acceptors (Lipinski definition) is 5. The van der Waals surface area contributed by atoms with Crippen molar-refractivity contribution in [3.05, 3.63) is 35.9 Å². The van der Waals surface area contributed by atoms with Gasteiger partial charge in [0.15, 0.2) is 0 Å². The topological polar surface area (TPSA) is 79.8 Å². The number of hydrogen-bond donors (Lipinski definition) is 3. The van der Waals surface area contributed by atoms with Crippen molar-refractivity contribution in [3.63, 3.8) is 0 Å². The van der Waals surface area contributed by atoms with Crippen LogP contribution in [-0.4, -0.2) is 36.1 Å². The van der Waals surface area contributed by atoms with Gasteiger partial charge in [-0.3, -0.25) is 5.43 Å². The summed E-state index contributed by atoms with van der Waals surface area (Å²) >= 11 is 0. The van der Waals surface area contributed by atoms with Gasteiger partial charge in [0.2, 0.25) is 0 Å². The van der Waals surface area contributed by atoms with E-state index in [2.05, 4.69) is 10.9 Å². The maximum absolute atomic E-state index is 11.6. The lowest BCUT2D eigenvalue weighted by Gasteiger charge is -2.47. The molecule has 0 heterocycles. The first-order chi connectivity index (χ1) is 11.8. The largest absolute Gasteiger partial charge is 0.443 e. The minimum absolute atomic E-state index is 0.121. The lowest BCUT2D eigenvalue weighted by atomic mass is 9.64. The lowest BCUT2D eigenvalue weighted by molar-refractivity contribution is -0.0254. The minimum Gasteiger partial charge on any atom is -0.443 e. The van der Waals surface area contributed by atoms with Crippen molar-refractivity contribution < 1.29 is 19.4 Å². The molecule has 0 bridgehead atoms. The van der Waals surface area contributed by atoms with E-state index in [1.54, 1.807) is 0 Å². The molecule has 1 aromatic carbocycles. The molecule has 0 saturated heterocycles. The van der Waals surface area contributed by atoms with Crippen LogP contribution in [0.25, 0.3) is 0 Å². The van der Waals surface area contributed by atoms with E-state index >= 15 is 0 Å². The molecule has 0 unspecified atom stereocenters. The summed E-state index contributed by atoms with van der Waals surface area (Å²) in [4.78, 5) is 11.6. The van der Waals surface area contributed by atoms with Crippen LogP contribution in [0.15, 0.2) is 30.3 Å². The van der Waals surface area contributed by atoms with Crippen molar-refractivity contribution in [1.82, 2.24) is 10.9 Å². The zero-order chi connectivity index (χ0) is 18.3. The van der Waals surface area contributed by atoms with Gasteiger partial charge in [-0.25, -0.2) is 10.2 Å². The van der Waals surface area contributed by atoms with E-state index in [1.807, 2.05) is 51.1 Å². The summed E-state index contributed by atoms with van der Waals surface area (Å²) < 4.78 is 10.9. The summed E-state index contributed by atoms with van der Waals surface area (Å²) in [6.45, 7) is 6.80. The Morgan fingerprint density at radius 2 is 1.96 bits per heavy atom. The number of carbonyl (C=O) groups excluding carboxylic acids is 1. The standard InChI is InChI=1S/C19H30N2O4/c1-18(2,3)25-17(23)21-20-16-11-19(12-16,14-22)9-10-24-13-15-7-5-4-6-8-15/h4-8,16,20,22H,9-14H2,1-3H3,(H,21,23). The number of aliphatic hydroxyl groups is 1. The number of aliphatic hydroxyl groups excluding tert-OH is 1. The van der Waals surface area contributed by atoms with Crippen LogP contribution in [0.5, 0.6) is 0 Å². The van der Waals surface area contributed by atoms with E-state index in [4.69, 9.17) is 9.47 Å². The molecule has 25 heavy (non-hydrogen) atoms. The molecule has 1 saturated carbocycles. The van der Waals surface area contributed by atoms with Crippen LogP contribution < -0.4 is 10.9 Å². The monoisotopic (exact) mass is 350 g/mol. The molecule has 0 aromatic heterocycles. The van der Waals surface area contributed by atoms with Gasteiger partial charge in [-0.05, 0) is 51.0 Å². The van der Waals surface area contributed by atoms with Crippen molar-refractivity contribution in [2.45, 2.75) is 58.3 Å². The molecule has 1 amide bonds. The summed E-state index contributed by atoms with van der Waals surface area (Å²) in [7, 11) is 0. The Morgan fingerprint density at radius 1 is 1.28 bits per heavy atom. The smallest absolute Gasteiger partial charge is 0.422 e. The maximum Gasteiger partial charge on any atom is 0.422 e. The molecule has 0 radical (unpaired) electrons. The molecule has 2 rings (SSSR count). The fraction of sp³-hybridized carbons (Fsp3) is 0.632. The zero-order valence-electron chi connectivity index (χ0n) is 15.4. The molecule has 140 valence electrons. The van der Waals surface area contributed by atoms with Crippen LogP contribution in [0.3, 0.4) is 0 Å². The molecule has 3 N–H and O–H groups in total. The number of ether oxygens (including phenoxy) is 2. The van der Waals surface area contributed by atoms with E-state index in [9.17, 15) is 9.90 Å². The van der Waals surface area contributed by atoms with Gasteiger partial charge in [-0.1, -0.05) is 30.3 Å². The van der Waals surface area contributed by atoms with Crippen LogP contribution in [-0.2, 0) is 16.1 Å². The highest BCUT2D eigenvalue weighted by atomic mass is 16.6. The molecule has 0 aliphatic heterocycles. The Balaban J connectivity index is 1.62. The highest BCUT2D eigenvalue weighted by Crippen LogP contribution is 2.43. The van der Waals surface area contributed by atoms with E-state index in [-0.39, 0.29) is 18.1 Å². The molecule has 6 heteroatoms. The molecule has 1 aliphatic rings. The third kappa shape index (κ3) is 6.65. The van der Waals surface area contributed by atoms with Crippen molar-refractivity contribution in [2.75, 3.05) is 13.2 Å². The number of nitrogens with one attached hydrogen (secondary N) is 2. The second-order valence-corrected chi connectivity index (χ2v) is 7.82. The van der Waals surface area contributed by atoms with E-state index < -0.39 is 11.7 Å². The number of carbonyl (C=O) groups is 1. The van der Waals surface area contributed by atoms with Crippen molar-refractivity contribution in [2.24, 2.45) is 5.41 Å². The summed E-state index contributed by atoms with van der Waals surface area (Å²) in [5, 5.41) is 9.71. The molecule has 0 atom stereocenters. The van der Waals surface area contributed by atoms with Gasteiger partial charge in [0.1, 0.15) is 5.60 Å². The first kappa shape index (κ1) is 19.7. The van der Waals surface area contributed by atoms with Gasteiger partial charge >= 0.3 is 6.09 Å². The van der Waals surface area contributed by atoms with Crippen molar-refractivity contribution in [3.8, 4) is 0 Å². The number of benzene rings is 1. The fourth-order valence-corrected chi connectivity index (χ4v) is 3.02. The first-order valence-corrected chi connectivity index (χ1v) is 8.79. The van der Waals surface area contributed by atoms with Gasteiger partial charge in [0.05, 0.1) is 6.61 Å². The fourth-order valence-electron chi connectivity index (χ4n) is 3.02. The third-order valence-corrected chi connectivity index (χ3v) is 4.36. The Kier molecular flexibility index (Phi) is 6.81. The Labute approximate surface area is 149 Å². The number of amides is 1. The number of rotatable bonds is 8. The molecule has 0 spiro atoms. The predicted molar refractivity (Wildman–Crippen MR) is 95.8 cm³/mol. The minimum atomic E-state index is -0.518. The Morgan fingerprint density at radius 3 is 2.56 bits per heavy atom. The van der Waals surface area contributed by atoms with Gasteiger partial charge in [-0.2, -0.15) is 0 Å². The summed E-state index contributed by atoms with van der Waals surface area (Å²) in [6, 6.07) is 10.2. The van der Waals surface area contributed by atoms with E-state index in [1.165, 1.54) is 0 Å². The third-order valence-electron chi connectivity index (χ3n) is 4.36. The molecule has 1 fully saturated rings. The quantitative estimate of drug-likeness (QED) is 0.496. The van der Waals surface area contributed by atoms with Crippen LogP contribution in [0.2, 0.25) is 0 Å². The molecular weight excluding hydrogens is 320 g/mol. The second kappa shape index (κ2) is 8.65. The first-order valence-electron chi connectivity index (χ1n) is 8.79. The van der Waals surface area contributed by atoms with E-state index in [0.717, 1.165) is 24.8 Å². The molecular formula is C19H30N2O4. The van der Waals surface area contributed by atoms with Gasteiger partial charge in [0, 0.05) is 19.3 Å². The molecule has 1 aromatic rings. The second-order valence-electron chi connectivity index (χ2n) is 7.82. The van der Waals surface area contributed by atoms with Crippen LogP contribution >= 0.6 is 0 Å². The summed E-state index contributed by atoms with van der Waals surface area (Å²) in [5.41, 5.74) is 6.05. The van der Waals surface area contributed by atoms with Crippen LogP contribution in [0, 0.1) is 5.41 Å². The van der Waals surface area contributed by atoms with Gasteiger partial charge < -0.3 is 14.6 Å². The predicted octanol–water partition coefficient (Wildman–Crippen LogP) is 2.76. The Bertz CT molecular complexity index is 536. The Hall–Kier alpha value is -1.63. The van der Waals surface area contributed by atoms with Crippen LogP contribution in [0.4, 0.5) is 4.79 Å². The highest BCUT2D eigenvalue weighted by Gasteiger charge is 2.43. The maximum atomic E-state index is 11.6. The lowest BCUT2D eigenvalue weighted by Crippen LogP contribution is -2.56.